The maximum atomic E-state index is 13.4. The fourth-order valence-electron chi connectivity index (χ4n) is 2.33. The Bertz CT molecular complexity index is 975. The smallest absolute Gasteiger partial charge is 0.306 e. The highest BCUT2D eigenvalue weighted by molar-refractivity contribution is 7.99. The number of aromatic nitrogens is 3. The molecule has 0 bridgehead atoms. The number of carbonyl (C=O) groups excluding carboxylic acids is 1. The van der Waals surface area contributed by atoms with Crippen molar-refractivity contribution in [1.82, 2.24) is 14.8 Å². The van der Waals surface area contributed by atoms with E-state index >= 15 is 0 Å². The van der Waals surface area contributed by atoms with E-state index in [9.17, 15) is 19.3 Å². The number of anilines is 1. The van der Waals surface area contributed by atoms with Gasteiger partial charge in [0.2, 0.25) is 11.7 Å². The monoisotopic (exact) mass is 407 g/mol. The highest BCUT2D eigenvalue weighted by Gasteiger charge is 2.17. The Hall–Kier alpha value is -2.79. The van der Waals surface area contributed by atoms with Gasteiger partial charge in [-0.05, 0) is 30.5 Å². The molecule has 1 amide bonds. The van der Waals surface area contributed by atoms with E-state index in [1.807, 2.05) is 29.0 Å². The molecule has 1 aromatic carbocycles. The molecule has 0 saturated carbocycles. The van der Waals surface area contributed by atoms with E-state index in [-0.39, 0.29) is 17.3 Å². The van der Waals surface area contributed by atoms with Gasteiger partial charge >= 0.3 is 5.69 Å². The number of benzene rings is 1. The zero-order chi connectivity index (χ0) is 19.4. The maximum absolute atomic E-state index is 13.4. The van der Waals surface area contributed by atoms with Gasteiger partial charge in [0, 0.05) is 18.3 Å². The van der Waals surface area contributed by atoms with Gasteiger partial charge in [0.25, 0.3) is 0 Å². The molecule has 0 radical (unpaired) electrons. The first-order valence-corrected chi connectivity index (χ1v) is 9.69. The van der Waals surface area contributed by atoms with E-state index in [2.05, 4.69) is 15.5 Å². The average Bonchev–Trinajstić information content (AvgIpc) is 3.30. The van der Waals surface area contributed by atoms with E-state index in [1.165, 1.54) is 17.8 Å². The van der Waals surface area contributed by atoms with Gasteiger partial charge in [-0.2, -0.15) is 4.39 Å². The zero-order valence-electron chi connectivity index (χ0n) is 14.1. The molecule has 8 nitrogen and oxygen atoms in total. The third-order valence-corrected chi connectivity index (χ3v) is 5.37. The first-order chi connectivity index (χ1) is 13.0. The summed E-state index contributed by atoms with van der Waals surface area (Å²) < 4.78 is 15.3. The number of amides is 1. The molecule has 2 aromatic heterocycles. The molecule has 2 heterocycles. The molecular weight excluding hydrogens is 393 g/mol. The van der Waals surface area contributed by atoms with E-state index in [4.69, 9.17) is 0 Å². The lowest BCUT2D eigenvalue weighted by Gasteiger charge is -2.07. The molecule has 0 aliphatic carbocycles. The van der Waals surface area contributed by atoms with Crippen molar-refractivity contribution in [2.45, 2.75) is 18.6 Å². The third kappa shape index (κ3) is 4.31. The molecule has 27 heavy (non-hydrogen) atoms. The second-order valence-electron chi connectivity index (χ2n) is 5.29. The van der Waals surface area contributed by atoms with E-state index in [1.54, 1.807) is 11.3 Å². The van der Waals surface area contributed by atoms with Crippen molar-refractivity contribution < 1.29 is 14.1 Å². The number of nitro groups is 1. The molecule has 0 fully saturated rings. The molecule has 0 aliphatic rings. The van der Waals surface area contributed by atoms with Crippen molar-refractivity contribution in [3.63, 3.8) is 0 Å². The summed E-state index contributed by atoms with van der Waals surface area (Å²) in [5.41, 5.74) is -0.531. The summed E-state index contributed by atoms with van der Waals surface area (Å²) in [6, 6.07) is 7.08. The number of nitro benzene ring substituents is 1. The predicted octanol–water partition coefficient (Wildman–Crippen LogP) is 3.80. The number of rotatable bonds is 7. The maximum Gasteiger partial charge on any atom is 0.306 e. The first-order valence-electron chi connectivity index (χ1n) is 7.83. The lowest BCUT2D eigenvalue weighted by molar-refractivity contribution is -0.387. The van der Waals surface area contributed by atoms with Crippen molar-refractivity contribution in [1.29, 1.82) is 0 Å². The number of hydrogen-bond acceptors (Lipinski definition) is 7. The fraction of sp³-hybridized carbons (Fsp3) is 0.188. The Labute approximate surface area is 161 Å². The second-order valence-corrected chi connectivity index (χ2v) is 7.18. The van der Waals surface area contributed by atoms with Gasteiger partial charge in [0.05, 0.1) is 15.6 Å². The summed E-state index contributed by atoms with van der Waals surface area (Å²) in [5, 5.41) is 24.2. The Balaban J connectivity index is 1.66. The first kappa shape index (κ1) is 19.0. The zero-order valence-corrected chi connectivity index (χ0v) is 15.7. The van der Waals surface area contributed by atoms with E-state index < -0.39 is 16.4 Å². The van der Waals surface area contributed by atoms with Crippen LogP contribution in [0.1, 0.15) is 6.92 Å². The number of carbonyl (C=O) groups is 1. The Morgan fingerprint density at radius 3 is 2.89 bits per heavy atom. The van der Waals surface area contributed by atoms with E-state index in [0.29, 0.717) is 11.7 Å². The van der Waals surface area contributed by atoms with E-state index in [0.717, 1.165) is 22.8 Å². The lowest BCUT2D eigenvalue weighted by Crippen LogP contribution is -2.15. The van der Waals surface area contributed by atoms with Crippen molar-refractivity contribution in [3.05, 3.63) is 51.6 Å². The second kappa shape index (κ2) is 8.27. The van der Waals surface area contributed by atoms with Crippen molar-refractivity contribution >= 4 is 40.4 Å². The van der Waals surface area contributed by atoms with Crippen LogP contribution in [0.15, 0.2) is 40.9 Å². The van der Waals surface area contributed by atoms with Gasteiger partial charge < -0.3 is 9.88 Å². The molecule has 0 saturated heterocycles. The summed E-state index contributed by atoms with van der Waals surface area (Å²) in [4.78, 5) is 23.1. The number of nitrogens with one attached hydrogen (secondary N) is 1. The molecule has 11 heteroatoms. The minimum absolute atomic E-state index is 0.0355. The molecule has 0 unspecified atom stereocenters. The number of thiophene rings is 1. The normalized spacial score (nSPS) is 10.7. The van der Waals surface area contributed by atoms with Crippen LogP contribution in [0.2, 0.25) is 0 Å². The van der Waals surface area contributed by atoms with Gasteiger partial charge in [0.1, 0.15) is 0 Å². The van der Waals surface area contributed by atoms with Gasteiger partial charge in [-0.3, -0.25) is 14.9 Å². The van der Waals surface area contributed by atoms with Crippen LogP contribution in [0.4, 0.5) is 15.8 Å². The molecular formula is C16H14FN5O3S2. The Kier molecular flexibility index (Phi) is 5.81. The fourth-order valence-corrected chi connectivity index (χ4v) is 3.85. The highest BCUT2D eigenvalue weighted by Crippen LogP contribution is 2.27. The molecule has 140 valence electrons. The average molecular weight is 407 g/mol. The van der Waals surface area contributed by atoms with Gasteiger partial charge in [-0.25, -0.2) is 0 Å². The summed E-state index contributed by atoms with van der Waals surface area (Å²) >= 11 is 2.76. The lowest BCUT2D eigenvalue weighted by atomic mass is 10.2. The van der Waals surface area contributed by atoms with Crippen molar-refractivity contribution in [2.24, 2.45) is 0 Å². The van der Waals surface area contributed by atoms with Crippen LogP contribution in [-0.2, 0) is 11.3 Å². The Morgan fingerprint density at radius 1 is 1.41 bits per heavy atom. The van der Waals surface area contributed by atoms with Crippen LogP contribution >= 0.6 is 23.1 Å². The summed E-state index contributed by atoms with van der Waals surface area (Å²) in [5.74, 6) is -0.563. The molecule has 3 rings (SSSR count). The summed E-state index contributed by atoms with van der Waals surface area (Å²) in [7, 11) is 0. The van der Waals surface area contributed by atoms with Crippen molar-refractivity contribution in [2.75, 3.05) is 11.1 Å². The topological polar surface area (TPSA) is 103 Å². The summed E-state index contributed by atoms with van der Waals surface area (Å²) in [6.45, 7) is 2.61. The van der Waals surface area contributed by atoms with Gasteiger partial charge in [-0.15, -0.1) is 21.5 Å². The van der Waals surface area contributed by atoms with Crippen molar-refractivity contribution in [3.8, 4) is 10.7 Å². The van der Waals surface area contributed by atoms with Crippen LogP contribution in [0.25, 0.3) is 10.7 Å². The number of thioether (sulfide) groups is 1. The SMILES string of the molecule is CCn1c(SCC(=O)Nc2ccc(F)c([N+](=O)[O-])c2)nnc1-c1cccs1. The summed E-state index contributed by atoms with van der Waals surface area (Å²) in [6.07, 6.45) is 0. The minimum Gasteiger partial charge on any atom is -0.325 e. The van der Waals surface area contributed by atoms with Crippen LogP contribution in [0.3, 0.4) is 0 Å². The number of halogens is 1. The predicted molar refractivity (Wildman–Crippen MR) is 101 cm³/mol. The molecule has 0 aliphatic heterocycles. The molecule has 0 atom stereocenters. The van der Waals surface area contributed by atoms with Crippen LogP contribution in [0, 0.1) is 15.9 Å². The molecule has 1 N–H and O–H groups in total. The van der Waals surface area contributed by atoms with Gasteiger partial charge in [-0.1, -0.05) is 17.8 Å². The minimum atomic E-state index is -0.954. The highest BCUT2D eigenvalue weighted by atomic mass is 32.2. The standard InChI is InChI=1S/C16H14FN5O3S2/c1-2-21-15(13-4-3-7-26-13)19-20-16(21)27-9-14(23)18-10-5-6-11(17)12(8-10)22(24)25/h3-8H,2,9H2,1H3,(H,18,23). The third-order valence-electron chi connectivity index (χ3n) is 3.53. The Morgan fingerprint density at radius 2 is 2.22 bits per heavy atom. The largest absolute Gasteiger partial charge is 0.325 e. The molecule has 0 spiro atoms. The molecule has 3 aromatic rings. The van der Waals surface area contributed by atoms with Crippen LogP contribution < -0.4 is 5.32 Å². The van der Waals surface area contributed by atoms with Gasteiger partial charge in [0.15, 0.2) is 11.0 Å². The van der Waals surface area contributed by atoms with Crippen LogP contribution in [0.5, 0.6) is 0 Å². The van der Waals surface area contributed by atoms with Crippen LogP contribution in [-0.4, -0.2) is 31.3 Å². The quantitative estimate of drug-likeness (QED) is 0.363. The number of nitrogens with zero attached hydrogens (tertiary/aromatic N) is 4. The number of hydrogen-bond donors (Lipinski definition) is 1.